The van der Waals surface area contributed by atoms with Crippen molar-refractivity contribution in [3.05, 3.63) is 35.4 Å². The zero-order valence-electron chi connectivity index (χ0n) is 11.4. The van der Waals surface area contributed by atoms with E-state index < -0.39 is 0 Å². The number of aliphatic hydroxyl groups is 1. The first-order valence-electron chi connectivity index (χ1n) is 6.64. The molecule has 0 unspecified atom stereocenters. The highest BCUT2D eigenvalue weighted by atomic mass is 16.2. The minimum absolute atomic E-state index is 0.0827. The molecule has 1 rings (SSSR count). The summed E-state index contributed by atoms with van der Waals surface area (Å²) in [5.41, 5.74) is 2.26. The molecule has 0 spiro atoms. The Labute approximate surface area is 111 Å². The van der Waals surface area contributed by atoms with Gasteiger partial charge in [0.25, 0.3) is 0 Å². The fourth-order valence-corrected chi connectivity index (χ4v) is 1.92. The van der Waals surface area contributed by atoms with Crippen LogP contribution < -0.4 is 0 Å². The van der Waals surface area contributed by atoms with E-state index in [-0.39, 0.29) is 6.61 Å². The Hall–Kier alpha value is -1.30. The Balaban J connectivity index is 2.60. The summed E-state index contributed by atoms with van der Waals surface area (Å²) in [5, 5.41) is 8.76. The second-order valence-corrected chi connectivity index (χ2v) is 4.56. The van der Waals surface area contributed by atoms with Crippen LogP contribution in [-0.2, 0) is 6.54 Å². The molecule has 1 aromatic rings. The van der Waals surface area contributed by atoms with E-state index in [0.717, 1.165) is 18.7 Å². The van der Waals surface area contributed by atoms with Crippen molar-refractivity contribution in [1.82, 2.24) is 4.90 Å². The van der Waals surface area contributed by atoms with Gasteiger partial charge < -0.3 is 10.0 Å². The molecular formula is C16H23NO. The van der Waals surface area contributed by atoms with Crippen molar-refractivity contribution in [3.63, 3.8) is 0 Å². The third-order valence-corrected chi connectivity index (χ3v) is 2.90. The first-order valence-corrected chi connectivity index (χ1v) is 6.64. The van der Waals surface area contributed by atoms with Gasteiger partial charge in [-0.05, 0) is 31.6 Å². The zero-order chi connectivity index (χ0) is 13.2. The standard InChI is InChI=1S/C16H23NO/c1-3-4-7-12-17(2)14-16-10-6-5-9-15(16)11-8-13-18/h5-6,9-10,18H,3-4,7,12-14H2,1-2H3. The predicted octanol–water partition coefficient (Wildman–Crippen LogP) is 2.65. The molecule has 2 nitrogen and oxygen atoms in total. The lowest BCUT2D eigenvalue weighted by atomic mass is 10.1. The van der Waals surface area contributed by atoms with Crippen LogP contribution in [0.1, 0.15) is 37.3 Å². The molecule has 0 aliphatic heterocycles. The van der Waals surface area contributed by atoms with Crippen LogP contribution >= 0.6 is 0 Å². The lowest BCUT2D eigenvalue weighted by molar-refractivity contribution is 0.318. The van der Waals surface area contributed by atoms with Gasteiger partial charge in [-0.15, -0.1) is 0 Å². The normalized spacial score (nSPS) is 10.2. The highest BCUT2D eigenvalue weighted by Gasteiger charge is 2.03. The van der Waals surface area contributed by atoms with Gasteiger partial charge >= 0.3 is 0 Å². The van der Waals surface area contributed by atoms with Crippen LogP contribution in [-0.4, -0.2) is 30.2 Å². The monoisotopic (exact) mass is 245 g/mol. The Morgan fingerprint density at radius 2 is 2.00 bits per heavy atom. The Morgan fingerprint density at radius 1 is 1.22 bits per heavy atom. The van der Waals surface area contributed by atoms with Crippen LogP contribution in [0.4, 0.5) is 0 Å². The van der Waals surface area contributed by atoms with Crippen molar-refractivity contribution in [2.45, 2.75) is 32.7 Å². The molecule has 0 aliphatic rings. The molecule has 0 fully saturated rings. The first kappa shape index (κ1) is 14.8. The molecule has 0 saturated carbocycles. The molecule has 0 saturated heterocycles. The van der Waals surface area contributed by atoms with Crippen LogP contribution in [0.15, 0.2) is 24.3 Å². The third kappa shape index (κ3) is 5.35. The van der Waals surface area contributed by atoms with Gasteiger partial charge in [-0.2, -0.15) is 0 Å². The first-order chi connectivity index (χ1) is 8.77. The molecule has 0 aliphatic carbocycles. The quantitative estimate of drug-likeness (QED) is 0.615. The van der Waals surface area contributed by atoms with E-state index in [1.807, 2.05) is 18.2 Å². The van der Waals surface area contributed by atoms with E-state index in [2.05, 4.69) is 36.8 Å². The van der Waals surface area contributed by atoms with Crippen LogP contribution in [0.5, 0.6) is 0 Å². The summed E-state index contributed by atoms with van der Waals surface area (Å²) < 4.78 is 0. The van der Waals surface area contributed by atoms with Gasteiger partial charge in [0.2, 0.25) is 0 Å². The van der Waals surface area contributed by atoms with Crippen LogP contribution in [0, 0.1) is 11.8 Å². The fourth-order valence-electron chi connectivity index (χ4n) is 1.92. The molecule has 1 aromatic carbocycles. The molecular weight excluding hydrogens is 222 g/mol. The molecule has 0 aromatic heterocycles. The highest BCUT2D eigenvalue weighted by Crippen LogP contribution is 2.10. The average molecular weight is 245 g/mol. The molecule has 18 heavy (non-hydrogen) atoms. The molecule has 0 bridgehead atoms. The van der Waals surface area contributed by atoms with Gasteiger partial charge in [-0.1, -0.05) is 49.8 Å². The number of aliphatic hydroxyl groups excluding tert-OH is 1. The smallest absolute Gasteiger partial charge is 0.104 e. The summed E-state index contributed by atoms with van der Waals surface area (Å²) in [4.78, 5) is 2.33. The van der Waals surface area contributed by atoms with E-state index in [4.69, 9.17) is 5.11 Å². The van der Waals surface area contributed by atoms with Crippen molar-refractivity contribution < 1.29 is 5.11 Å². The van der Waals surface area contributed by atoms with E-state index in [0.29, 0.717) is 0 Å². The molecule has 0 radical (unpaired) electrons. The molecule has 1 N–H and O–H groups in total. The second kappa shape index (κ2) is 8.74. The summed E-state index contributed by atoms with van der Waals surface area (Å²) in [6.45, 7) is 4.18. The van der Waals surface area contributed by atoms with Crippen molar-refractivity contribution in [2.24, 2.45) is 0 Å². The van der Waals surface area contributed by atoms with Crippen LogP contribution in [0.25, 0.3) is 0 Å². The Kier molecular flexibility index (Phi) is 7.17. The molecule has 2 heteroatoms. The van der Waals surface area contributed by atoms with Crippen molar-refractivity contribution in [3.8, 4) is 11.8 Å². The number of rotatable bonds is 6. The maximum atomic E-state index is 8.76. The topological polar surface area (TPSA) is 23.5 Å². The number of unbranched alkanes of at least 4 members (excludes halogenated alkanes) is 2. The molecule has 0 heterocycles. The minimum Gasteiger partial charge on any atom is -0.384 e. The van der Waals surface area contributed by atoms with E-state index in [9.17, 15) is 0 Å². The minimum atomic E-state index is -0.0827. The van der Waals surface area contributed by atoms with Crippen molar-refractivity contribution >= 4 is 0 Å². The van der Waals surface area contributed by atoms with E-state index >= 15 is 0 Å². The van der Waals surface area contributed by atoms with Crippen molar-refractivity contribution in [2.75, 3.05) is 20.2 Å². The van der Waals surface area contributed by atoms with Gasteiger partial charge in [0.15, 0.2) is 0 Å². The number of hydrogen-bond acceptors (Lipinski definition) is 2. The van der Waals surface area contributed by atoms with Gasteiger partial charge in [0.05, 0.1) is 0 Å². The number of hydrogen-bond donors (Lipinski definition) is 1. The van der Waals surface area contributed by atoms with Gasteiger partial charge in [0, 0.05) is 12.1 Å². The summed E-state index contributed by atoms with van der Waals surface area (Å²) in [5.74, 6) is 5.73. The van der Waals surface area contributed by atoms with Gasteiger partial charge in [-0.3, -0.25) is 0 Å². The average Bonchev–Trinajstić information content (AvgIpc) is 2.38. The van der Waals surface area contributed by atoms with Gasteiger partial charge in [-0.25, -0.2) is 0 Å². The maximum Gasteiger partial charge on any atom is 0.104 e. The second-order valence-electron chi connectivity index (χ2n) is 4.56. The van der Waals surface area contributed by atoms with Crippen LogP contribution in [0.2, 0.25) is 0 Å². The molecule has 0 amide bonds. The SMILES string of the molecule is CCCCCN(C)Cc1ccccc1C#CCO. The van der Waals surface area contributed by atoms with Gasteiger partial charge in [0.1, 0.15) is 6.61 Å². The Bertz CT molecular complexity index is 403. The summed E-state index contributed by atoms with van der Waals surface area (Å²) >= 11 is 0. The largest absolute Gasteiger partial charge is 0.384 e. The highest BCUT2D eigenvalue weighted by molar-refractivity contribution is 5.41. The fraction of sp³-hybridized carbons (Fsp3) is 0.500. The third-order valence-electron chi connectivity index (χ3n) is 2.90. The molecule has 0 atom stereocenters. The summed E-state index contributed by atoms with van der Waals surface area (Å²) in [7, 11) is 2.14. The Morgan fingerprint density at radius 3 is 2.72 bits per heavy atom. The predicted molar refractivity (Wildman–Crippen MR) is 76.3 cm³/mol. The molecule has 98 valence electrons. The lowest BCUT2D eigenvalue weighted by Crippen LogP contribution is -2.19. The maximum absolute atomic E-state index is 8.76. The number of benzene rings is 1. The van der Waals surface area contributed by atoms with Crippen LogP contribution in [0.3, 0.4) is 0 Å². The summed E-state index contributed by atoms with van der Waals surface area (Å²) in [6, 6.07) is 8.15. The van der Waals surface area contributed by atoms with Crippen molar-refractivity contribution in [1.29, 1.82) is 0 Å². The summed E-state index contributed by atoms with van der Waals surface area (Å²) in [6.07, 6.45) is 3.79. The zero-order valence-corrected chi connectivity index (χ0v) is 11.4. The lowest BCUT2D eigenvalue weighted by Gasteiger charge is -2.17. The van der Waals surface area contributed by atoms with E-state index in [1.165, 1.54) is 24.8 Å². The van der Waals surface area contributed by atoms with E-state index in [1.54, 1.807) is 0 Å². The number of nitrogens with zero attached hydrogens (tertiary/aromatic N) is 1.